The molecule has 1 aromatic carbocycles. The maximum atomic E-state index is 12.3. The van der Waals surface area contributed by atoms with Gasteiger partial charge in [-0.15, -0.1) is 0 Å². The lowest BCUT2D eigenvalue weighted by Gasteiger charge is -2.33. The summed E-state index contributed by atoms with van der Waals surface area (Å²) in [6, 6.07) is 7.28. The molecule has 6 nitrogen and oxygen atoms in total. The van der Waals surface area contributed by atoms with Gasteiger partial charge in [0.15, 0.2) is 0 Å². The Labute approximate surface area is 135 Å². The first-order chi connectivity index (χ1) is 11.0. The first kappa shape index (κ1) is 17.3. The Bertz CT molecular complexity index is 549. The second-order valence-electron chi connectivity index (χ2n) is 5.91. The van der Waals surface area contributed by atoms with Crippen LogP contribution in [0.25, 0.3) is 0 Å². The molecule has 1 unspecified atom stereocenters. The standard InChI is InChI=1S/C17H23NO5/c1-12(13-3-5-14(22-2)6-4-13)15(19)18-11-17(16(20)21)7-9-23-10-8-17/h3-6,12H,7-11H2,1-2H3,(H,18,19)(H,20,21). The van der Waals surface area contributed by atoms with Crippen LogP contribution in [-0.4, -0.2) is 43.9 Å². The number of carbonyl (C=O) groups excluding carboxylic acids is 1. The Morgan fingerprint density at radius 1 is 1.30 bits per heavy atom. The number of methoxy groups -OCH3 is 1. The van der Waals surface area contributed by atoms with Crippen LogP contribution in [0.15, 0.2) is 24.3 Å². The van der Waals surface area contributed by atoms with Crippen molar-refractivity contribution in [1.29, 1.82) is 0 Å². The fourth-order valence-corrected chi connectivity index (χ4v) is 2.68. The average Bonchev–Trinajstić information content (AvgIpc) is 2.59. The van der Waals surface area contributed by atoms with Crippen LogP contribution in [0.2, 0.25) is 0 Å². The van der Waals surface area contributed by atoms with Crippen molar-refractivity contribution in [2.24, 2.45) is 5.41 Å². The monoisotopic (exact) mass is 321 g/mol. The highest BCUT2D eigenvalue weighted by atomic mass is 16.5. The molecule has 6 heteroatoms. The van der Waals surface area contributed by atoms with E-state index in [9.17, 15) is 14.7 Å². The van der Waals surface area contributed by atoms with E-state index in [1.165, 1.54) is 0 Å². The van der Waals surface area contributed by atoms with E-state index in [4.69, 9.17) is 9.47 Å². The number of carboxylic acid groups (broad SMARTS) is 1. The summed E-state index contributed by atoms with van der Waals surface area (Å²) in [6.45, 7) is 2.76. The molecule has 2 rings (SSSR count). The molecular formula is C17H23NO5. The third kappa shape index (κ3) is 4.01. The average molecular weight is 321 g/mol. The van der Waals surface area contributed by atoms with Crippen LogP contribution in [0.5, 0.6) is 5.75 Å². The molecule has 1 heterocycles. The van der Waals surface area contributed by atoms with Gasteiger partial charge >= 0.3 is 5.97 Å². The number of aliphatic carboxylic acids is 1. The summed E-state index contributed by atoms with van der Waals surface area (Å²) in [5, 5.41) is 12.3. The summed E-state index contributed by atoms with van der Waals surface area (Å²) in [7, 11) is 1.59. The van der Waals surface area contributed by atoms with E-state index in [1.807, 2.05) is 12.1 Å². The van der Waals surface area contributed by atoms with Crippen LogP contribution in [0.4, 0.5) is 0 Å². The number of amides is 1. The molecule has 1 aliphatic heterocycles. The van der Waals surface area contributed by atoms with Gasteiger partial charge in [-0.2, -0.15) is 0 Å². The lowest BCUT2D eigenvalue weighted by Crippen LogP contribution is -2.47. The van der Waals surface area contributed by atoms with Crippen molar-refractivity contribution in [3.63, 3.8) is 0 Å². The summed E-state index contributed by atoms with van der Waals surface area (Å²) in [5.41, 5.74) is -0.0623. The van der Waals surface area contributed by atoms with Gasteiger partial charge in [-0.1, -0.05) is 12.1 Å². The number of benzene rings is 1. The van der Waals surface area contributed by atoms with Crippen molar-refractivity contribution in [2.45, 2.75) is 25.7 Å². The molecule has 0 aromatic heterocycles. The van der Waals surface area contributed by atoms with E-state index in [-0.39, 0.29) is 18.4 Å². The van der Waals surface area contributed by atoms with E-state index in [2.05, 4.69) is 5.32 Å². The summed E-state index contributed by atoms with van der Waals surface area (Å²) in [5.74, 6) is -0.680. The number of rotatable bonds is 6. The molecular weight excluding hydrogens is 298 g/mol. The van der Waals surface area contributed by atoms with E-state index in [1.54, 1.807) is 26.2 Å². The molecule has 1 amide bonds. The fourth-order valence-electron chi connectivity index (χ4n) is 2.68. The third-order valence-electron chi connectivity index (χ3n) is 4.51. The van der Waals surface area contributed by atoms with Crippen molar-refractivity contribution in [3.8, 4) is 5.75 Å². The van der Waals surface area contributed by atoms with Gasteiger partial charge in [0.1, 0.15) is 5.75 Å². The number of nitrogens with one attached hydrogen (secondary N) is 1. The number of ether oxygens (including phenoxy) is 2. The van der Waals surface area contributed by atoms with Gasteiger partial charge in [0.05, 0.1) is 18.4 Å². The molecule has 126 valence electrons. The maximum absolute atomic E-state index is 12.3. The van der Waals surface area contributed by atoms with Gasteiger partial charge in [0.25, 0.3) is 0 Å². The molecule has 1 atom stereocenters. The first-order valence-electron chi connectivity index (χ1n) is 7.71. The van der Waals surface area contributed by atoms with Crippen LogP contribution in [0.3, 0.4) is 0 Å². The summed E-state index contributed by atoms with van der Waals surface area (Å²) < 4.78 is 10.3. The second-order valence-corrected chi connectivity index (χ2v) is 5.91. The number of carboxylic acids is 1. The van der Waals surface area contributed by atoms with Crippen LogP contribution >= 0.6 is 0 Å². The van der Waals surface area contributed by atoms with E-state index >= 15 is 0 Å². The van der Waals surface area contributed by atoms with Gasteiger partial charge in [-0.25, -0.2) is 0 Å². The molecule has 0 spiro atoms. The van der Waals surface area contributed by atoms with Crippen molar-refractivity contribution in [3.05, 3.63) is 29.8 Å². The number of hydrogen-bond donors (Lipinski definition) is 2. The predicted molar refractivity (Wildman–Crippen MR) is 84.5 cm³/mol. The normalized spacial score (nSPS) is 18.0. The molecule has 0 bridgehead atoms. The lowest BCUT2D eigenvalue weighted by atomic mass is 9.80. The van der Waals surface area contributed by atoms with Gasteiger partial charge in [-0.3, -0.25) is 9.59 Å². The van der Waals surface area contributed by atoms with Crippen molar-refractivity contribution >= 4 is 11.9 Å². The zero-order valence-corrected chi connectivity index (χ0v) is 13.5. The largest absolute Gasteiger partial charge is 0.497 e. The van der Waals surface area contributed by atoms with Gasteiger partial charge in [-0.05, 0) is 37.5 Å². The molecule has 0 saturated carbocycles. The van der Waals surface area contributed by atoms with E-state index in [0.29, 0.717) is 26.1 Å². The zero-order chi connectivity index (χ0) is 16.9. The summed E-state index contributed by atoms with van der Waals surface area (Å²) >= 11 is 0. The molecule has 0 radical (unpaired) electrons. The minimum absolute atomic E-state index is 0.130. The van der Waals surface area contributed by atoms with E-state index < -0.39 is 11.4 Å². The molecule has 1 aromatic rings. The van der Waals surface area contributed by atoms with Crippen molar-refractivity contribution < 1.29 is 24.2 Å². The van der Waals surface area contributed by atoms with E-state index in [0.717, 1.165) is 11.3 Å². The fraction of sp³-hybridized carbons (Fsp3) is 0.529. The molecule has 1 aliphatic rings. The Kier molecular flexibility index (Phi) is 5.60. The van der Waals surface area contributed by atoms with Crippen LogP contribution < -0.4 is 10.1 Å². The van der Waals surface area contributed by atoms with Crippen LogP contribution in [0.1, 0.15) is 31.2 Å². The minimum Gasteiger partial charge on any atom is -0.497 e. The van der Waals surface area contributed by atoms with Crippen molar-refractivity contribution in [2.75, 3.05) is 26.9 Å². The molecule has 1 fully saturated rings. The van der Waals surface area contributed by atoms with Gasteiger partial charge < -0.3 is 19.9 Å². The summed E-state index contributed by atoms with van der Waals surface area (Å²) in [6.07, 6.45) is 0.832. The predicted octanol–water partition coefficient (Wildman–Crippen LogP) is 1.80. The Hall–Kier alpha value is -2.08. The highest BCUT2D eigenvalue weighted by Crippen LogP contribution is 2.30. The smallest absolute Gasteiger partial charge is 0.311 e. The zero-order valence-electron chi connectivity index (χ0n) is 13.5. The topological polar surface area (TPSA) is 84.9 Å². The quantitative estimate of drug-likeness (QED) is 0.834. The highest BCUT2D eigenvalue weighted by Gasteiger charge is 2.40. The highest BCUT2D eigenvalue weighted by molar-refractivity contribution is 5.84. The van der Waals surface area contributed by atoms with Crippen LogP contribution in [0, 0.1) is 5.41 Å². The lowest BCUT2D eigenvalue weighted by molar-refractivity contribution is -0.154. The number of hydrogen-bond acceptors (Lipinski definition) is 4. The minimum atomic E-state index is -0.923. The van der Waals surface area contributed by atoms with Gasteiger partial charge in [0.2, 0.25) is 5.91 Å². The molecule has 1 saturated heterocycles. The van der Waals surface area contributed by atoms with Gasteiger partial charge in [0, 0.05) is 19.8 Å². The second kappa shape index (κ2) is 7.46. The molecule has 0 aliphatic carbocycles. The maximum Gasteiger partial charge on any atom is 0.311 e. The summed E-state index contributed by atoms with van der Waals surface area (Å²) in [4.78, 5) is 23.9. The number of carbonyl (C=O) groups is 2. The van der Waals surface area contributed by atoms with Crippen molar-refractivity contribution in [1.82, 2.24) is 5.32 Å². The first-order valence-corrected chi connectivity index (χ1v) is 7.71. The Balaban J connectivity index is 1.98. The Morgan fingerprint density at radius 3 is 2.43 bits per heavy atom. The van der Waals surface area contributed by atoms with Crippen LogP contribution in [-0.2, 0) is 14.3 Å². The molecule has 2 N–H and O–H groups in total. The Morgan fingerprint density at radius 2 is 1.91 bits per heavy atom. The molecule has 23 heavy (non-hydrogen) atoms. The third-order valence-corrected chi connectivity index (χ3v) is 4.51. The SMILES string of the molecule is COc1ccc(C(C)C(=O)NCC2(C(=O)O)CCOCC2)cc1.